The van der Waals surface area contributed by atoms with Gasteiger partial charge in [0.1, 0.15) is 5.69 Å². The fourth-order valence-electron chi connectivity index (χ4n) is 2.80. The van der Waals surface area contributed by atoms with Crippen molar-refractivity contribution in [3.8, 4) is 0 Å². The molecule has 1 aromatic heterocycles. The van der Waals surface area contributed by atoms with Gasteiger partial charge in [-0.2, -0.15) is 5.10 Å². The van der Waals surface area contributed by atoms with Crippen LogP contribution in [0.4, 0.5) is 17.1 Å². The van der Waals surface area contributed by atoms with Gasteiger partial charge in [-0.25, -0.2) is 0 Å². The summed E-state index contributed by atoms with van der Waals surface area (Å²) in [7, 11) is 0. The van der Waals surface area contributed by atoms with Crippen molar-refractivity contribution >= 4 is 44.2 Å². The van der Waals surface area contributed by atoms with Crippen molar-refractivity contribution in [1.82, 2.24) is 0 Å². The number of benzene rings is 2. The summed E-state index contributed by atoms with van der Waals surface area (Å²) in [5.41, 5.74) is 4.99. The Labute approximate surface area is 158 Å². The van der Waals surface area contributed by atoms with Crippen molar-refractivity contribution in [3.05, 3.63) is 72.6 Å². The molecule has 0 amide bonds. The maximum atomic E-state index is 11.2. The Bertz CT molecular complexity index is 1100. The zero-order valence-electron chi connectivity index (χ0n) is 14.8. The highest BCUT2D eigenvalue weighted by Gasteiger charge is 2.19. The summed E-state index contributed by atoms with van der Waals surface area (Å²) >= 11 is 1.62. The van der Waals surface area contributed by atoms with Gasteiger partial charge in [0.15, 0.2) is 0 Å². The van der Waals surface area contributed by atoms with Crippen molar-refractivity contribution in [2.75, 3.05) is 5.43 Å². The van der Waals surface area contributed by atoms with Crippen LogP contribution < -0.4 is 5.43 Å². The first-order chi connectivity index (χ1) is 12.8. The van der Waals surface area contributed by atoms with Crippen molar-refractivity contribution in [2.45, 2.75) is 20.8 Å². The fourth-order valence-corrected chi connectivity index (χ4v) is 4.02. The average molecular weight is 384 g/mol. The van der Waals surface area contributed by atoms with E-state index in [0.717, 1.165) is 21.9 Å². The molecule has 8 nitrogen and oxygen atoms in total. The number of anilines is 1. The SMILES string of the molecule is C/C(=N\Nc1ccc([N+](=O)[O-])cc1[N+](=O)[O-])c1sc2c(C)cccc2c1C. The average Bonchev–Trinajstić information content (AvgIpc) is 2.98. The Hall–Kier alpha value is -3.33. The van der Waals surface area contributed by atoms with Gasteiger partial charge in [-0.3, -0.25) is 25.7 Å². The van der Waals surface area contributed by atoms with Gasteiger partial charge < -0.3 is 0 Å². The van der Waals surface area contributed by atoms with Crippen molar-refractivity contribution in [3.63, 3.8) is 0 Å². The zero-order chi connectivity index (χ0) is 19.7. The highest BCUT2D eigenvalue weighted by atomic mass is 32.1. The van der Waals surface area contributed by atoms with Gasteiger partial charge >= 0.3 is 5.69 Å². The van der Waals surface area contributed by atoms with Crippen molar-refractivity contribution in [1.29, 1.82) is 0 Å². The summed E-state index contributed by atoms with van der Waals surface area (Å²) in [6, 6.07) is 9.52. The maximum Gasteiger partial charge on any atom is 0.301 e. The molecule has 27 heavy (non-hydrogen) atoms. The lowest BCUT2D eigenvalue weighted by atomic mass is 10.1. The number of thiophene rings is 1. The van der Waals surface area contributed by atoms with Gasteiger partial charge in [-0.05, 0) is 43.4 Å². The molecular weight excluding hydrogens is 368 g/mol. The van der Waals surface area contributed by atoms with E-state index in [1.807, 2.05) is 32.9 Å². The van der Waals surface area contributed by atoms with Gasteiger partial charge in [-0.15, -0.1) is 11.3 Å². The van der Waals surface area contributed by atoms with Crippen LogP contribution in [0.25, 0.3) is 10.1 Å². The first kappa shape index (κ1) is 18.5. The largest absolute Gasteiger partial charge is 0.301 e. The third-order valence-corrected chi connectivity index (χ3v) is 5.77. The molecule has 3 aromatic rings. The molecule has 0 aliphatic heterocycles. The number of nitro groups is 2. The van der Waals surface area contributed by atoms with Crippen LogP contribution in [0.15, 0.2) is 41.5 Å². The predicted octanol–water partition coefficient (Wildman–Crippen LogP) is 5.17. The number of hydrogen-bond acceptors (Lipinski definition) is 7. The number of nitro benzene ring substituents is 2. The smallest absolute Gasteiger partial charge is 0.271 e. The monoisotopic (exact) mass is 384 g/mol. The molecule has 0 saturated heterocycles. The minimum Gasteiger partial charge on any atom is -0.271 e. The molecular formula is C18H16N4O4S. The van der Waals surface area contributed by atoms with E-state index < -0.39 is 15.5 Å². The minimum atomic E-state index is -0.672. The number of fused-ring (bicyclic) bond motifs is 1. The summed E-state index contributed by atoms with van der Waals surface area (Å²) in [6.45, 7) is 5.88. The molecule has 1 N–H and O–H groups in total. The number of non-ortho nitro benzene ring substituents is 1. The Morgan fingerprint density at radius 1 is 1.11 bits per heavy atom. The van der Waals surface area contributed by atoms with Crippen LogP contribution in [0.3, 0.4) is 0 Å². The first-order valence-corrected chi connectivity index (χ1v) is 8.83. The normalized spacial score (nSPS) is 11.6. The van der Waals surface area contributed by atoms with Gasteiger partial charge in [0.25, 0.3) is 5.69 Å². The predicted molar refractivity (Wildman–Crippen MR) is 107 cm³/mol. The van der Waals surface area contributed by atoms with Gasteiger partial charge in [0.05, 0.1) is 26.5 Å². The van der Waals surface area contributed by atoms with Gasteiger partial charge in [-0.1, -0.05) is 18.2 Å². The number of nitrogens with one attached hydrogen (secondary N) is 1. The standard InChI is InChI=1S/C18H16N4O4S/c1-10-5-4-6-14-11(2)18(27-17(10)14)12(3)19-20-15-8-7-13(21(23)24)9-16(15)22(25)26/h4-9,20H,1-3H3/b19-12+. The van der Waals surface area contributed by atoms with Gasteiger partial charge in [0, 0.05) is 10.8 Å². The van der Waals surface area contributed by atoms with Crippen LogP contribution in [-0.4, -0.2) is 15.6 Å². The van der Waals surface area contributed by atoms with Crippen LogP contribution in [0.5, 0.6) is 0 Å². The van der Waals surface area contributed by atoms with Crippen LogP contribution in [0.1, 0.15) is 22.9 Å². The third-order valence-electron chi connectivity index (χ3n) is 4.22. The Kier molecular flexibility index (Phi) is 4.87. The summed E-state index contributed by atoms with van der Waals surface area (Å²) < 4.78 is 1.18. The van der Waals surface area contributed by atoms with Crippen molar-refractivity contribution in [2.24, 2.45) is 5.10 Å². The van der Waals surface area contributed by atoms with E-state index in [9.17, 15) is 20.2 Å². The van der Waals surface area contributed by atoms with E-state index in [1.165, 1.54) is 22.4 Å². The second kappa shape index (κ2) is 7.12. The molecule has 0 bridgehead atoms. The molecule has 138 valence electrons. The minimum absolute atomic E-state index is 0.0971. The topological polar surface area (TPSA) is 111 Å². The molecule has 0 unspecified atom stereocenters. The molecule has 0 atom stereocenters. The lowest BCUT2D eigenvalue weighted by Gasteiger charge is -2.04. The fraction of sp³-hybridized carbons (Fsp3) is 0.167. The molecule has 0 aliphatic rings. The number of rotatable bonds is 5. The molecule has 2 aromatic carbocycles. The lowest BCUT2D eigenvalue weighted by molar-refractivity contribution is -0.393. The van der Waals surface area contributed by atoms with Crippen LogP contribution in [-0.2, 0) is 0 Å². The second-order valence-electron chi connectivity index (χ2n) is 6.03. The molecule has 0 saturated carbocycles. The summed E-state index contributed by atoms with van der Waals surface area (Å²) in [5.74, 6) is 0. The molecule has 0 spiro atoms. The lowest BCUT2D eigenvalue weighted by Crippen LogP contribution is -2.02. The molecule has 0 fully saturated rings. The van der Waals surface area contributed by atoms with Crippen LogP contribution in [0, 0.1) is 34.1 Å². The van der Waals surface area contributed by atoms with E-state index in [0.29, 0.717) is 5.71 Å². The quantitative estimate of drug-likeness (QED) is 0.370. The maximum absolute atomic E-state index is 11.2. The Balaban J connectivity index is 1.97. The van der Waals surface area contributed by atoms with E-state index in [1.54, 1.807) is 11.3 Å². The van der Waals surface area contributed by atoms with E-state index in [-0.39, 0.29) is 11.4 Å². The number of hydrogen-bond donors (Lipinski definition) is 1. The van der Waals surface area contributed by atoms with E-state index in [4.69, 9.17) is 0 Å². The summed E-state index contributed by atoms with van der Waals surface area (Å²) in [6.07, 6.45) is 0. The highest BCUT2D eigenvalue weighted by molar-refractivity contribution is 7.21. The van der Waals surface area contributed by atoms with Crippen LogP contribution in [0.2, 0.25) is 0 Å². The highest BCUT2D eigenvalue weighted by Crippen LogP contribution is 2.34. The Morgan fingerprint density at radius 3 is 2.48 bits per heavy atom. The zero-order valence-corrected chi connectivity index (χ0v) is 15.7. The van der Waals surface area contributed by atoms with Gasteiger partial charge in [0.2, 0.25) is 0 Å². The number of hydrazone groups is 1. The number of nitrogens with zero attached hydrogens (tertiary/aromatic N) is 3. The molecule has 3 rings (SSSR count). The molecule has 0 radical (unpaired) electrons. The second-order valence-corrected chi connectivity index (χ2v) is 7.05. The van der Waals surface area contributed by atoms with Crippen LogP contribution >= 0.6 is 11.3 Å². The summed E-state index contributed by atoms with van der Waals surface area (Å²) in [5, 5.41) is 27.5. The first-order valence-electron chi connectivity index (χ1n) is 8.02. The van der Waals surface area contributed by atoms with E-state index >= 15 is 0 Å². The summed E-state index contributed by atoms with van der Waals surface area (Å²) in [4.78, 5) is 21.7. The molecule has 0 aliphatic carbocycles. The molecule has 1 heterocycles. The van der Waals surface area contributed by atoms with Crippen molar-refractivity contribution < 1.29 is 9.85 Å². The number of aryl methyl sites for hydroxylation is 2. The Morgan fingerprint density at radius 2 is 1.85 bits per heavy atom. The third kappa shape index (κ3) is 3.49. The molecule has 9 heteroatoms. The van der Waals surface area contributed by atoms with E-state index in [2.05, 4.69) is 16.6 Å².